The summed E-state index contributed by atoms with van der Waals surface area (Å²) in [4.78, 5) is 85.0. The van der Waals surface area contributed by atoms with Gasteiger partial charge in [-0.25, -0.2) is 14.4 Å². The van der Waals surface area contributed by atoms with E-state index in [4.69, 9.17) is 16.0 Å². The van der Waals surface area contributed by atoms with E-state index in [1.807, 2.05) is 73.6 Å². The van der Waals surface area contributed by atoms with Gasteiger partial charge in [0.05, 0.1) is 11.1 Å². The molecule has 0 bridgehead atoms. The first kappa shape index (κ1) is 63.6. The lowest BCUT2D eigenvalue weighted by atomic mass is 9.34. The number of Topliss-reactive ketones (excluding diaryl/α,β-unsaturated/α-hetero) is 2. The van der Waals surface area contributed by atoms with E-state index in [-0.39, 0.29) is 125 Å². The Morgan fingerprint density at radius 3 is 1.29 bits per heavy atom. The Morgan fingerprint density at radius 1 is 0.554 bits per heavy atom. The number of carbonyl (C=O) groups is 6. The third-order valence-corrected chi connectivity index (χ3v) is 26.5. The van der Waals surface area contributed by atoms with Crippen molar-refractivity contribution in [3.05, 3.63) is 57.0 Å². The fourth-order valence-corrected chi connectivity index (χ4v) is 22.0. The Labute approximate surface area is 507 Å². The van der Waals surface area contributed by atoms with E-state index in [1.165, 1.54) is 5.57 Å². The van der Waals surface area contributed by atoms with Crippen LogP contribution in [-0.2, 0) is 28.7 Å². The highest BCUT2D eigenvalue weighted by molar-refractivity contribution is 9.12. The number of fused-ring (bicyclic) bond motifs is 14. The maximum atomic E-state index is 14.6. The predicted molar refractivity (Wildman–Crippen MR) is 331 cm³/mol. The molecule has 11 nitrogen and oxygen atoms in total. The summed E-state index contributed by atoms with van der Waals surface area (Å²) >= 11 is 3.62. The second-order valence-electron chi connectivity index (χ2n) is 34.7. The zero-order chi connectivity index (χ0) is 61.9. The molecule has 0 radical (unpaired) electrons. The van der Waals surface area contributed by atoms with Gasteiger partial charge in [-0.2, -0.15) is 0 Å². The van der Waals surface area contributed by atoms with Crippen LogP contribution in [0.1, 0.15) is 228 Å². The summed E-state index contributed by atoms with van der Waals surface area (Å²) < 4.78 is 11.9. The maximum absolute atomic E-state index is 14.6. The minimum Gasteiger partial charge on any atom is -0.444 e. The van der Waals surface area contributed by atoms with E-state index in [9.17, 15) is 28.8 Å². The second-order valence-corrected chi connectivity index (χ2v) is 35.6. The Hall–Kier alpha value is -3.85. The summed E-state index contributed by atoms with van der Waals surface area (Å²) in [6, 6.07) is 0. The highest BCUT2D eigenvalue weighted by Crippen LogP contribution is 2.77. The van der Waals surface area contributed by atoms with Crippen molar-refractivity contribution >= 4 is 51.2 Å². The molecular formula is C71H104BrN3O8. The first-order valence-electron chi connectivity index (χ1n) is 31.8. The molecule has 2 N–H and O–H groups in total. The van der Waals surface area contributed by atoms with Gasteiger partial charge in [0.15, 0.2) is 23.1 Å². The van der Waals surface area contributed by atoms with Gasteiger partial charge in [0.1, 0.15) is 11.2 Å². The summed E-state index contributed by atoms with van der Waals surface area (Å²) in [7, 11) is 0. The summed E-state index contributed by atoms with van der Waals surface area (Å²) in [6.45, 7) is 51.7. The average Bonchev–Trinajstić information content (AvgIpc) is 0.706. The molecule has 458 valence electrons. The Kier molecular flexibility index (Phi) is 15.2. The first-order chi connectivity index (χ1) is 37.8. The van der Waals surface area contributed by atoms with Gasteiger partial charge in [-0.05, 0) is 227 Å². The molecule has 6 fully saturated rings. The van der Waals surface area contributed by atoms with Gasteiger partial charge in [-0.3, -0.25) is 14.4 Å². The SMILES string of the molecule is CC1(C)CC[C@]2(CNC(=O)OC(C)(C)C)CC[C@]3(C)[C@H](C(=O)C=C4[C@@]5(C)C=C(Br)C(=O)C(C)(C)[C@@H]5CC[C@]43C)[C@@H]2C1.[C-]#[N+]C1=C[C@]2(C)C3=CC(=O)[C@@H]4[C@@H]5CC(C)(C)CC[C@]5(CNC(=O)OC(C)(C)C)CC[C@@]4(C)[C@]3(C)CC[C@H]2C(C)(C)C1=O. The van der Waals surface area contributed by atoms with Gasteiger partial charge < -0.3 is 24.9 Å². The second kappa shape index (κ2) is 19.8. The van der Waals surface area contributed by atoms with Crippen LogP contribution in [0.4, 0.5) is 9.59 Å². The van der Waals surface area contributed by atoms with Crippen LogP contribution in [0.15, 0.2) is 45.6 Å². The fraction of sp³-hybridized carbons (Fsp3) is 0.789. The molecule has 0 aliphatic heterocycles. The Morgan fingerprint density at radius 2 is 0.916 bits per heavy atom. The number of amides is 2. The average molecular weight is 1210 g/mol. The molecule has 2 amide bonds. The minimum absolute atomic E-state index is 0.0459. The highest BCUT2D eigenvalue weighted by atomic mass is 79.9. The largest absolute Gasteiger partial charge is 0.444 e. The summed E-state index contributed by atoms with van der Waals surface area (Å²) in [5.41, 5.74) is -1.39. The number of hydrogen-bond acceptors (Lipinski definition) is 8. The number of ether oxygens (including phenoxy) is 2. The lowest BCUT2D eigenvalue weighted by Crippen LogP contribution is -2.65. The predicted octanol–water partition coefficient (Wildman–Crippen LogP) is 16.6. The Balaban J connectivity index is 0.000000200. The van der Waals surface area contributed by atoms with E-state index in [0.717, 1.165) is 95.5 Å². The number of allylic oxidation sites excluding steroid dienone is 8. The topological polar surface area (TPSA) is 149 Å². The first-order valence-corrected chi connectivity index (χ1v) is 32.6. The smallest absolute Gasteiger partial charge is 0.407 e. The zero-order valence-corrected chi connectivity index (χ0v) is 56.3. The molecule has 0 aromatic heterocycles. The fourth-order valence-electron chi connectivity index (χ4n) is 21.0. The number of nitrogens with one attached hydrogen (secondary N) is 2. The molecule has 0 spiro atoms. The molecule has 0 aromatic rings. The zero-order valence-electron chi connectivity index (χ0n) is 54.7. The molecule has 0 heterocycles. The van der Waals surface area contributed by atoms with Crippen LogP contribution in [-0.4, -0.2) is 59.6 Å². The normalized spacial score (nSPS) is 42.5. The van der Waals surface area contributed by atoms with Gasteiger partial charge in [0, 0.05) is 46.6 Å². The summed E-state index contributed by atoms with van der Waals surface area (Å²) in [5.74, 6) is 0.877. The molecule has 10 aliphatic rings. The standard InChI is InChI=1S/C36H52N2O4.C35H52BrNO4/c1-30(2,3)42-29(41)38-21-36-16-14-31(4,5)19-22(36)27-24(39)18-26-33(8)20-23(37-11)28(40)32(6,7)25(33)12-13-34(26,9)35(27,10)15-17-36;1-29(2,3)41-28(40)37-20-35-15-13-30(4,5)18-21(35)26-23(38)17-25-32(8)19-22(36)27(39)31(6,7)24(32)11-12-33(25,9)34(26,10)14-16-35/h18,20,22,25,27H,12-17,19,21H2,1-10H3,(H,38,41);17,19,21,24,26H,11-16,18,20H2,1-10H3,(H,37,40)/t22-,25-,27-,33-,34+,35+,36+;21-,24-,26-,32-,33+,34+,35+/m00/s1. The molecule has 6 saturated carbocycles. The third kappa shape index (κ3) is 9.88. The van der Waals surface area contributed by atoms with Crippen LogP contribution in [0, 0.1) is 107 Å². The van der Waals surface area contributed by atoms with Crippen LogP contribution in [0.2, 0.25) is 0 Å². The van der Waals surface area contributed by atoms with Gasteiger partial charge in [-0.1, -0.05) is 120 Å². The lowest BCUT2D eigenvalue weighted by molar-refractivity contribution is -0.171. The van der Waals surface area contributed by atoms with Crippen LogP contribution in [0.25, 0.3) is 4.85 Å². The van der Waals surface area contributed by atoms with E-state index in [2.05, 4.69) is 121 Å². The van der Waals surface area contributed by atoms with Crippen LogP contribution < -0.4 is 10.6 Å². The van der Waals surface area contributed by atoms with Crippen molar-refractivity contribution in [2.45, 2.75) is 240 Å². The van der Waals surface area contributed by atoms with E-state index in [1.54, 1.807) is 0 Å². The Bertz CT molecular complexity index is 2960. The molecule has 10 rings (SSSR count). The van der Waals surface area contributed by atoms with Gasteiger partial charge in [0.2, 0.25) is 5.70 Å². The number of halogens is 1. The van der Waals surface area contributed by atoms with E-state index in [0.29, 0.717) is 17.6 Å². The number of hydrogen-bond donors (Lipinski definition) is 2. The molecule has 0 saturated heterocycles. The molecule has 0 aromatic carbocycles. The van der Waals surface area contributed by atoms with Crippen LogP contribution in [0.3, 0.4) is 0 Å². The number of ketones is 4. The van der Waals surface area contributed by atoms with Gasteiger partial charge in [-0.15, -0.1) is 0 Å². The van der Waals surface area contributed by atoms with Crippen LogP contribution >= 0.6 is 15.9 Å². The number of nitrogens with zero attached hydrogens (tertiary/aromatic N) is 1. The molecule has 12 heteroatoms. The molecule has 14 atom stereocenters. The molecule has 10 aliphatic carbocycles. The van der Waals surface area contributed by atoms with E-state index < -0.39 is 27.4 Å². The molecular weight excluding hydrogens is 1100 g/mol. The van der Waals surface area contributed by atoms with Crippen molar-refractivity contribution in [1.29, 1.82) is 0 Å². The van der Waals surface area contributed by atoms with Crippen molar-refractivity contribution in [1.82, 2.24) is 10.6 Å². The quantitative estimate of drug-likeness (QED) is 0.264. The van der Waals surface area contributed by atoms with Gasteiger partial charge >= 0.3 is 12.2 Å². The number of rotatable bonds is 4. The van der Waals surface area contributed by atoms with Crippen molar-refractivity contribution < 1.29 is 38.2 Å². The van der Waals surface area contributed by atoms with Gasteiger partial charge in [0.25, 0.3) is 0 Å². The summed E-state index contributed by atoms with van der Waals surface area (Å²) in [6.07, 6.45) is 21.0. The minimum atomic E-state index is -0.658. The lowest BCUT2D eigenvalue weighted by Gasteiger charge is -2.69. The monoisotopic (exact) mass is 1210 g/mol. The number of alkyl carbamates (subject to hydrolysis) is 2. The van der Waals surface area contributed by atoms with Crippen molar-refractivity contribution in [3.63, 3.8) is 0 Å². The number of carbonyl (C=O) groups excluding carboxylic acids is 6. The van der Waals surface area contributed by atoms with Crippen molar-refractivity contribution in [2.75, 3.05) is 13.1 Å². The van der Waals surface area contributed by atoms with Crippen molar-refractivity contribution in [3.8, 4) is 0 Å². The molecule has 0 unspecified atom stereocenters. The third-order valence-electron chi connectivity index (χ3n) is 25.9. The molecule has 83 heavy (non-hydrogen) atoms. The van der Waals surface area contributed by atoms with E-state index >= 15 is 0 Å². The summed E-state index contributed by atoms with van der Waals surface area (Å²) in [5, 5.41) is 6.27. The highest BCUT2D eigenvalue weighted by Gasteiger charge is 2.72. The van der Waals surface area contributed by atoms with Crippen LogP contribution in [0.5, 0.6) is 0 Å². The van der Waals surface area contributed by atoms with Crippen molar-refractivity contribution in [2.24, 2.45) is 100 Å². The maximum Gasteiger partial charge on any atom is 0.407 e.